The van der Waals surface area contributed by atoms with Crippen LogP contribution in [0.15, 0.2) is 52.7 Å². The van der Waals surface area contributed by atoms with Gasteiger partial charge in [0.15, 0.2) is 5.13 Å². The number of nitro groups is 1. The fourth-order valence-electron chi connectivity index (χ4n) is 3.20. The highest BCUT2D eigenvalue weighted by Gasteiger charge is 2.19. The number of nitro benzene ring substituents is 1. The molecule has 2 aromatic carbocycles. The Kier molecular flexibility index (Phi) is 5.08. The van der Waals surface area contributed by atoms with Crippen molar-refractivity contribution in [2.75, 3.05) is 11.6 Å². The van der Waals surface area contributed by atoms with Gasteiger partial charge < -0.3 is 4.98 Å². The molecule has 0 spiro atoms. The van der Waals surface area contributed by atoms with E-state index in [1.165, 1.54) is 29.2 Å². The second-order valence-electron chi connectivity index (χ2n) is 6.31. The largest absolute Gasteiger partial charge is 0.358 e. The maximum Gasteiger partial charge on any atom is 0.283 e. The van der Waals surface area contributed by atoms with Crippen molar-refractivity contribution in [3.63, 3.8) is 0 Å². The monoisotopic (exact) mass is 424 g/mol. The fourth-order valence-corrected chi connectivity index (χ4v) is 4.44. The molecule has 146 valence electrons. The molecule has 1 amide bonds. The summed E-state index contributed by atoms with van der Waals surface area (Å²) in [4.78, 5) is 31.7. The molecule has 9 heteroatoms. The minimum atomic E-state index is -0.482. The lowest BCUT2D eigenvalue weighted by Crippen LogP contribution is -2.12. The number of carbonyl (C=O) groups excluding carboxylic acids is 1. The average molecular weight is 425 g/mol. The molecule has 0 fully saturated rings. The summed E-state index contributed by atoms with van der Waals surface area (Å²) in [5.74, 6) is -0.433. The van der Waals surface area contributed by atoms with Gasteiger partial charge in [0, 0.05) is 39.2 Å². The molecule has 2 heterocycles. The number of nitrogens with zero attached hydrogens (tertiary/aromatic N) is 2. The highest BCUT2D eigenvalue weighted by Crippen LogP contribution is 2.34. The van der Waals surface area contributed by atoms with Crippen LogP contribution in [0.3, 0.4) is 0 Å². The first-order chi connectivity index (χ1) is 14.0. The van der Waals surface area contributed by atoms with Crippen molar-refractivity contribution in [1.82, 2.24) is 9.97 Å². The van der Waals surface area contributed by atoms with E-state index in [2.05, 4.69) is 15.3 Å². The van der Waals surface area contributed by atoms with Crippen LogP contribution in [0.1, 0.15) is 16.1 Å². The van der Waals surface area contributed by atoms with Crippen LogP contribution in [-0.2, 0) is 0 Å². The Morgan fingerprint density at radius 2 is 2.07 bits per heavy atom. The quantitative estimate of drug-likeness (QED) is 0.251. The van der Waals surface area contributed by atoms with Crippen LogP contribution >= 0.6 is 23.1 Å². The highest BCUT2D eigenvalue weighted by atomic mass is 32.2. The van der Waals surface area contributed by atoms with Gasteiger partial charge in [-0.3, -0.25) is 20.2 Å². The van der Waals surface area contributed by atoms with Gasteiger partial charge in [-0.25, -0.2) is 4.98 Å². The number of para-hydroxylation sites is 1. The fraction of sp³-hybridized carbons (Fsp3) is 0.100. The molecule has 0 aliphatic carbocycles. The van der Waals surface area contributed by atoms with E-state index in [0.29, 0.717) is 10.0 Å². The van der Waals surface area contributed by atoms with Gasteiger partial charge in [-0.15, -0.1) is 23.1 Å². The molecule has 7 nitrogen and oxygen atoms in total. The smallest absolute Gasteiger partial charge is 0.283 e. The number of hydrogen-bond acceptors (Lipinski definition) is 6. The molecule has 4 rings (SSSR count). The predicted molar refractivity (Wildman–Crippen MR) is 117 cm³/mol. The second-order valence-corrected chi connectivity index (χ2v) is 8.01. The van der Waals surface area contributed by atoms with Crippen molar-refractivity contribution in [1.29, 1.82) is 0 Å². The molecule has 0 aliphatic heterocycles. The number of aryl methyl sites for hydroxylation is 1. The van der Waals surface area contributed by atoms with E-state index in [1.54, 1.807) is 18.4 Å². The number of carbonyl (C=O) groups is 1. The number of amides is 1. The zero-order valence-corrected chi connectivity index (χ0v) is 17.2. The van der Waals surface area contributed by atoms with Crippen molar-refractivity contribution in [2.24, 2.45) is 0 Å². The molecule has 2 N–H and O–H groups in total. The normalized spacial score (nSPS) is 11.0. The van der Waals surface area contributed by atoms with Crippen LogP contribution in [0, 0.1) is 17.0 Å². The Hall–Kier alpha value is -3.17. The molecular weight excluding hydrogens is 408 g/mol. The van der Waals surface area contributed by atoms with Crippen molar-refractivity contribution in [3.05, 3.63) is 69.2 Å². The summed E-state index contributed by atoms with van der Waals surface area (Å²) in [5.41, 5.74) is 3.92. The third-order valence-electron chi connectivity index (χ3n) is 4.51. The van der Waals surface area contributed by atoms with Crippen LogP contribution in [0.25, 0.3) is 22.2 Å². The third-order valence-corrected chi connectivity index (χ3v) is 6.05. The molecule has 0 saturated carbocycles. The Morgan fingerprint density at radius 1 is 1.28 bits per heavy atom. The van der Waals surface area contributed by atoms with Crippen LogP contribution in [-0.4, -0.2) is 27.1 Å². The van der Waals surface area contributed by atoms with Crippen molar-refractivity contribution in [2.45, 2.75) is 11.8 Å². The Labute approximate surface area is 174 Å². The van der Waals surface area contributed by atoms with E-state index in [-0.39, 0.29) is 11.3 Å². The summed E-state index contributed by atoms with van der Waals surface area (Å²) in [7, 11) is 0. The molecule has 0 atom stereocenters. The molecule has 2 aromatic heterocycles. The molecule has 0 radical (unpaired) electrons. The van der Waals surface area contributed by atoms with Crippen LogP contribution in [0.4, 0.5) is 10.8 Å². The van der Waals surface area contributed by atoms with E-state index in [4.69, 9.17) is 0 Å². The average Bonchev–Trinajstić information content (AvgIpc) is 3.30. The molecule has 0 unspecified atom stereocenters. The van der Waals surface area contributed by atoms with Gasteiger partial charge in [0.2, 0.25) is 0 Å². The van der Waals surface area contributed by atoms with Gasteiger partial charge in [0.1, 0.15) is 0 Å². The molecule has 4 aromatic rings. The first-order valence-electron chi connectivity index (χ1n) is 8.65. The number of anilines is 1. The number of rotatable bonds is 5. The topological polar surface area (TPSA) is 101 Å². The first kappa shape index (κ1) is 19.2. The minimum absolute atomic E-state index is 0.0839. The lowest BCUT2D eigenvalue weighted by atomic mass is 10.1. The van der Waals surface area contributed by atoms with E-state index in [1.807, 2.05) is 36.6 Å². The SMILES string of the molecule is CSc1ccc(C(=O)Nc2nc(-c3c(C)[nH]c4ccccc34)cs2)cc1[N+](=O)[O-]. The lowest BCUT2D eigenvalue weighted by molar-refractivity contribution is -0.387. The van der Waals surface area contributed by atoms with E-state index < -0.39 is 10.8 Å². The number of fused-ring (bicyclic) bond motifs is 1. The molecule has 0 bridgehead atoms. The van der Waals surface area contributed by atoms with E-state index in [0.717, 1.165) is 27.9 Å². The number of benzene rings is 2. The van der Waals surface area contributed by atoms with Crippen LogP contribution in [0.5, 0.6) is 0 Å². The Balaban J connectivity index is 1.61. The third kappa shape index (κ3) is 3.62. The Morgan fingerprint density at radius 3 is 2.83 bits per heavy atom. The number of thiazole rings is 1. The number of thioether (sulfide) groups is 1. The zero-order chi connectivity index (χ0) is 20.5. The van der Waals surface area contributed by atoms with Crippen molar-refractivity contribution < 1.29 is 9.72 Å². The van der Waals surface area contributed by atoms with Crippen LogP contribution in [0.2, 0.25) is 0 Å². The standard InChI is InChI=1S/C20H16N4O3S2/c1-11-18(13-5-3-4-6-14(13)21-11)15-10-29-20(22-15)23-19(25)12-7-8-17(28-2)16(9-12)24(26)27/h3-10,21H,1-2H3,(H,22,23,25). The summed E-state index contributed by atoms with van der Waals surface area (Å²) >= 11 is 2.58. The van der Waals surface area contributed by atoms with Gasteiger partial charge in [-0.2, -0.15) is 0 Å². The van der Waals surface area contributed by atoms with Gasteiger partial charge in [-0.1, -0.05) is 18.2 Å². The summed E-state index contributed by atoms with van der Waals surface area (Å²) in [6, 6.07) is 12.4. The Bertz CT molecular complexity index is 1250. The minimum Gasteiger partial charge on any atom is -0.358 e. The predicted octanol–water partition coefficient (Wildman–Crippen LogP) is 5.48. The maximum absolute atomic E-state index is 12.6. The van der Waals surface area contributed by atoms with E-state index >= 15 is 0 Å². The lowest BCUT2D eigenvalue weighted by Gasteiger charge is -2.04. The zero-order valence-electron chi connectivity index (χ0n) is 15.6. The van der Waals surface area contributed by atoms with Gasteiger partial charge >= 0.3 is 0 Å². The summed E-state index contributed by atoms with van der Waals surface area (Å²) < 4.78 is 0. The summed E-state index contributed by atoms with van der Waals surface area (Å²) in [5, 5.41) is 17.4. The number of aromatic nitrogens is 2. The summed E-state index contributed by atoms with van der Waals surface area (Å²) in [6.07, 6.45) is 1.76. The van der Waals surface area contributed by atoms with Crippen molar-refractivity contribution in [3.8, 4) is 11.3 Å². The molecular formula is C20H16N4O3S2. The number of nitrogens with one attached hydrogen (secondary N) is 2. The molecule has 29 heavy (non-hydrogen) atoms. The van der Waals surface area contributed by atoms with Crippen LogP contribution < -0.4 is 5.32 Å². The maximum atomic E-state index is 12.6. The van der Waals surface area contributed by atoms with Crippen molar-refractivity contribution >= 4 is 50.7 Å². The summed E-state index contributed by atoms with van der Waals surface area (Å²) in [6.45, 7) is 1.99. The molecule has 0 saturated heterocycles. The highest BCUT2D eigenvalue weighted by molar-refractivity contribution is 7.98. The van der Waals surface area contributed by atoms with E-state index in [9.17, 15) is 14.9 Å². The number of aromatic amines is 1. The first-order valence-corrected chi connectivity index (χ1v) is 10.8. The molecule has 0 aliphatic rings. The second kappa shape index (κ2) is 7.69. The number of hydrogen-bond donors (Lipinski definition) is 2. The van der Waals surface area contributed by atoms with Gasteiger partial charge in [0.05, 0.1) is 15.5 Å². The van der Waals surface area contributed by atoms with Gasteiger partial charge in [-0.05, 0) is 31.4 Å². The van der Waals surface area contributed by atoms with Gasteiger partial charge in [0.25, 0.3) is 11.6 Å². The number of H-pyrrole nitrogens is 1.